The van der Waals surface area contributed by atoms with Gasteiger partial charge in [0, 0.05) is 11.6 Å². The molecule has 0 spiro atoms. The molecule has 0 fully saturated rings. The maximum atomic E-state index is 14.2. The molecular weight excluding hydrogens is 351 g/mol. The fraction of sp³-hybridized carbons (Fsp3) is 0.150. The number of para-hydroxylation sites is 1. The highest BCUT2D eigenvalue weighted by Crippen LogP contribution is 2.24. The fourth-order valence-electron chi connectivity index (χ4n) is 2.53. The van der Waals surface area contributed by atoms with Gasteiger partial charge in [-0.15, -0.1) is 0 Å². The van der Waals surface area contributed by atoms with Crippen LogP contribution in [-0.4, -0.2) is 30.2 Å². The van der Waals surface area contributed by atoms with Crippen LogP contribution in [0.3, 0.4) is 0 Å². The van der Waals surface area contributed by atoms with Crippen molar-refractivity contribution in [2.45, 2.75) is 6.92 Å². The highest BCUT2D eigenvalue weighted by molar-refractivity contribution is 6.07. The first-order valence-corrected chi connectivity index (χ1v) is 8.34. The van der Waals surface area contributed by atoms with E-state index >= 15 is 0 Å². The van der Waals surface area contributed by atoms with Gasteiger partial charge >= 0.3 is 5.97 Å². The molecule has 1 amide bonds. The number of rotatable bonds is 6. The van der Waals surface area contributed by atoms with E-state index in [0.29, 0.717) is 5.69 Å². The predicted octanol–water partition coefficient (Wildman–Crippen LogP) is 3.69. The molecule has 0 radical (unpaired) electrons. The molecule has 6 nitrogen and oxygen atoms in total. The number of benzene rings is 2. The first-order chi connectivity index (χ1) is 13.1. The Morgan fingerprint density at radius 3 is 2.52 bits per heavy atom. The van der Waals surface area contributed by atoms with Gasteiger partial charge in [0.25, 0.3) is 5.91 Å². The molecule has 0 saturated carbocycles. The van der Waals surface area contributed by atoms with Gasteiger partial charge in [-0.05, 0) is 19.1 Å². The zero-order valence-electron chi connectivity index (χ0n) is 14.6. The number of halogens is 1. The standard InChI is InChI=1S/C20H17FN2O4/c1-2-26-19(24)13-23(17-11-7-6-10-15(17)21)20(25)18-12-16(22-27-18)14-8-4-3-5-9-14/h3-12H,2,13H2,1H3. The van der Waals surface area contributed by atoms with Crippen molar-refractivity contribution < 1.29 is 23.2 Å². The fourth-order valence-corrected chi connectivity index (χ4v) is 2.53. The van der Waals surface area contributed by atoms with Crippen molar-refractivity contribution in [1.82, 2.24) is 5.16 Å². The van der Waals surface area contributed by atoms with Crippen LogP contribution in [0, 0.1) is 5.82 Å². The average Bonchev–Trinajstić information content (AvgIpc) is 3.17. The van der Waals surface area contributed by atoms with Crippen LogP contribution in [-0.2, 0) is 9.53 Å². The van der Waals surface area contributed by atoms with Gasteiger partial charge in [-0.25, -0.2) is 4.39 Å². The Labute approximate surface area is 155 Å². The summed E-state index contributed by atoms with van der Waals surface area (Å²) in [6.07, 6.45) is 0. The number of carbonyl (C=O) groups is 2. The van der Waals surface area contributed by atoms with Crippen molar-refractivity contribution in [2.75, 3.05) is 18.1 Å². The van der Waals surface area contributed by atoms with E-state index in [9.17, 15) is 14.0 Å². The first kappa shape index (κ1) is 18.3. The average molecular weight is 368 g/mol. The molecule has 138 valence electrons. The highest BCUT2D eigenvalue weighted by Gasteiger charge is 2.27. The lowest BCUT2D eigenvalue weighted by Gasteiger charge is -2.20. The van der Waals surface area contributed by atoms with Crippen LogP contribution in [0.1, 0.15) is 17.5 Å². The van der Waals surface area contributed by atoms with E-state index in [2.05, 4.69) is 5.16 Å². The second-order valence-corrected chi connectivity index (χ2v) is 5.59. The van der Waals surface area contributed by atoms with Crippen molar-refractivity contribution in [3.05, 3.63) is 72.2 Å². The topological polar surface area (TPSA) is 72.6 Å². The Morgan fingerprint density at radius 1 is 1.11 bits per heavy atom. The number of carbonyl (C=O) groups excluding carboxylic acids is 2. The number of nitrogens with zero attached hydrogens (tertiary/aromatic N) is 2. The summed E-state index contributed by atoms with van der Waals surface area (Å²) in [6.45, 7) is 1.35. The van der Waals surface area contributed by atoms with Crippen LogP contribution in [0.5, 0.6) is 0 Å². The molecule has 27 heavy (non-hydrogen) atoms. The quantitative estimate of drug-likeness (QED) is 0.621. The summed E-state index contributed by atoms with van der Waals surface area (Å²) in [5.74, 6) is -2.10. The van der Waals surface area contributed by atoms with Gasteiger partial charge in [0.05, 0.1) is 12.3 Å². The second kappa shape index (κ2) is 8.27. The molecular formula is C20H17FN2O4. The van der Waals surface area contributed by atoms with Crippen LogP contribution in [0.25, 0.3) is 11.3 Å². The van der Waals surface area contributed by atoms with E-state index in [1.165, 1.54) is 24.3 Å². The molecule has 0 bridgehead atoms. The molecule has 7 heteroatoms. The van der Waals surface area contributed by atoms with Gasteiger partial charge in [-0.2, -0.15) is 0 Å². The lowest BCUT2D eigenvalue weighted by Crippen LogP contribution is -2.37. The highest BCUT2D eigenvalue weighted by atomic mass is 19.1. The summed E-state index contributed by atoms with van der Waals surface area (Å²) in [5.41, 5.74) is 1.18. The van der Waals surface area contributed by atoms with Crippen molar-refractivity contribution >= 4 is 17.6 Å². The van der Waals surface area contributed by atoms with Crippen molar-refractivity contribution in [3.63, 3.8) is 0 Å². The zero-order valence-corrected chi connectivity index (χ0v) is 14.6. The molecule has 0 saturated heterocycles. The molecule has 3 rings (SSSR count). The van der Waals surface area contributed by atoms with Gasteiger partial charge in [0.1, 0.15) is 18.1 Å². The largest absolute Gasteiger partial charge is 0.465 e. The Morgan fingerprint density at radius 2 is 1.81 bits per heavy atom. The van der Waals surface area contributed by atoms with Gasteiger partial charge in [0.2, 0.25) is 5.76 Å². The molecule has 1 aromatic heterocycles. The molecule has 0 N–H and O–H groups in total. The minimum atomic E-state index is -0.692. The summed E-state index contributed by atoms with van der Waals surface area (Å²) in [7, 11) is 0. The summed E-state index contributed by atoms with van der Waals surface area (Å²) < 4.78 is 24.3. The zero-order chi connectivity index (χ0) is 19.2. The molecule has 3 aromatic rings. The third-order valence-electron chi connectivity index (χ3n) is 3.77. The Bertz CT molecular complexity index is 940. The number of esters is 1. The van der Waals surface area contributed by atoms with E-state index in [1.807, 2.05) is 30.3 Å². The van der Waals surface area contributed by atoms with Crippen LogP contribution in [0.2, 0.25) is 0 Å². The molecule has 0 unspecified atom stereocenters. The Kier molecular flexibility index (Phi) is 5.61. The smallest absolute Gasteiger partial charge is 0.326 e. The number of amides is 1. The number of aromatic nitrogens is 1. The molecule has 0 aliphatic rings. The molecule has 0 aliphatic heterocycles. The third kappa shape index (κ3) is 4.20. The van der Waals surface area contributed by atoms with E-state index in [1.54, 1.807) is 13.0 Å². The van der Waals surface area contributed by atoms with Gasteiger partial charge in [0.15, 0.2) is 0 Å². The van der Waals surface area contributed by atoms with Gasteiger partial charge in [-0.1, -0.05) is 47.6 Å². The maximum Gasteiger partial charge on any atom is 0.326 e. The van der Waals surface area contributed by atoms with Crippen LogP contribution in [0.15, 0.2) is 65.2 Å². The summed E-state index contributed by atoms with van der Waals surface area (Å²) in [6, 6.07) is 16.3. The normalized spacial score (nSPS) is 10.4. The third-order valence-corrected chi connectivity index (χ3v) is 3.77. The maximum absolute atomic E-state index is 14.2. The van der Waals surface area contributed by atoms with Gasteiger partial charge in [-0.3, -0.25) is 14.5 Å². The summed E-state index contributed by atoms with van der Waals surface area (Å²) in [4.78, 5) is 25.8. The van der Waals surface area contributed by atoms with Crippen molar-refractivity contribution in [3.8, 4) is 11.3 Å². The van der Waals surface area contributed by atoms with E-state index in [-0.39, 0.29) is 18.1 Å². The van der Waals surface area contributed by atoms with Crippen molar-refractivity contribution in [1.29, 1.82) is 0 Å². The lowest BCUT2D eigenvalue weighted by atomic mass is 10.1. The number of anilines is 1. The summed E-state index contributed by atoms with van der Waals surface area (Å²) in [5, 5.41) is 3.89. The molecule has 0 atom stereocenters. The monoisotopic (exact) mass is 368 g/mol. The van der Waals surface area contributed by atoms with Gasteiger partial charge < -0.3 is 9.26 Å². The molecule has 1 heterocycles. The minimum Gasteiger partial charge on any atom is -0.465 e. The Hall–Kier alpha value is -3.48. The van der Waals surface area contributed by atoms with Crippen LogP contribution in [0.4, 0.5) is 10.1 Å². The number of hydrogen-bond donors (Lipinski definition) is 0. The predicted molar refractivity (Wildman–Crippen MR) is 96.6 cm³/mol. The van der Waals surface area contributed by atoms with E-state index < -0.39 is 24.2 Å². The second-order valence-electron chi connectivity index (χ2n) is 5.59. The lowest BCUT2D eigenvalue weighted by molar-refractivity contribution is -0.141. The first-order valence-electron chi connectivity index (χ1n) is 8.34. The molecule has 0 aliphatic carbocycles. The number of hydrogen-bond acceptors (Lipinski definition) is 5. The molecule has 2 aromatic carbocycles. The summed E-state index contributed by atoms with van der Waals surface area (Å²) >= 11 is 0. The minimum absolute atomic E-state index is 0.0479. The SMILES string of the molecule is CCOC(=O)CN(C(=O)c1cc(-c2ccccc2)no1)c1ccccc1F. The van der Waals surface area contributed by atoms with Crippen LogP contribution < -0.4 is 4.90 Å². The van der Waals surface area contributed by atoms with E-state index in [0.717, 1.165) is 10.5 Å². The van der Waals surface area contributed by atoms with Crippen molar-refractivity contribution in [2.24, 2.45) is 0 Å². The Balaban J connectivity index is 1.92. The van der Waals surface area contributed by atoms with Crippen LogP contribution >= 0.6 is 0 Å². The number of ether oxygens (including phenoxy) is 1. The van der Waals surface area contributed by atoms with E-state index in [4.69, 9.17) is 9.26 Å².